The molecule has 1 fully saturated rings. The first kappa shape index (κ1) is 22.9. The van der Waals surface area contributed by atoms with E-state index >= 15 is 0 Å². The van der Waals surface area contributed by atoms with E-state index in [1.165, 1.54) is 0 Å². The van der Waals surface area contributed by atoms with Crippen molar-refractivity contribution in [2.75, 3.05) is 40.4 Å². The third-order valence-corrected chi connectivity index (χ3v) is 5.95. The average Bonchev–Trinajstić information content (AvgIpc) is 2.83. The molecule has 6 nitrogen and oxygen atoms in total. The number of hydrogen-bond acceptors (Lipinski definition) is 5. The summed E-state index contributed by atoms with van der Waals surface area (Å²) in [6.07, 6.45) is 1.55. The number of likely N-dealkylation sites (tertiary alicyclic amines) is 1. The number of methoxy groups -OCH3 is 2. The van der Waals surface area contributed by atoms with E-state index in [4.69, 9.17) is 14.2 Å². The molecule has 0 spiro atoms. The van der Waals surface area contributed by atoms with Gasteiger partial charge >= 0.3 is 0 Å². The quantitative estimate of drug-likeness (QED) is 0.603. The zero-order valence-corrected chi connectivity index (χ0v) is 19.0. The molecule has 31 heavy (non-hydrogen) atoms. The predicted octanol–water partition coefficient (Wildman–Crippen LogP) is 4.16. The van der Waals surface area contributed by atoms with E-state index in [1.54, 1.807) is 14.2 Å². The first-order valence-electron chi connectivity index (χ1n) is 11.1. The van der Waals surface area contributed by atoms with Crippen molar-refractivity contribution in [1.82, 2.24) is 9.80 Å². The fourth-order valence-corrected chi connectivity index (χ4v) is 4.20. The molecule has 0 bridgehead atoms. The van der Waals surface area contributed by atoms with Gasteiger partial charge in [-0.05, 0) is 30.8 Å². The van der Waals surface area contributed by atoms with Gasteiger partial charge in [0.2, 0.25) is 11.7 Å². The molecule has 6 heteroatoms. The summed E-state index contributed by atoms with van der Waals surface area (Å²) in [5, 5.41) is 0. The normalized spacial score (nSPS) is 15.6. The highest BCUT2D eigenvalue weighted by atomic mass is 16.5. The maximum Gasteiger partial charge on any atom is 0.244 e. The molecule has 1 aliphatic rings. The number of para-hydroxylation sites is 1. The van der Waals surface area contributed by atoms with Gasteiger partial charge in [-0.15, -0.1) is 0 Å². The maximum atomic E-state index is 13.5. The predicted molar refractivity (Wildman–Crippen MR) is 122 cm³/mol. The third kappa shape index (κ3) is 5.31. The third-order valence-electron chi connectivity index (χ3n) is 5.95. The molecule has 0 saturated carbocycles. The van der Waals surface area contributed by atoms with Gasteiger partial charge in [-0.3, -0.25) is 9.69 Å². The van der Waals surface area contributed by atoms with Crippen LogP contribution in [0.3, 0.4) is 0 Å². The minimum absolute atomic E-state index is 0.0119. The Morgan fingerprint density at radius 3 is 2.06 bits per heavy atom. The Hall–Kier alpha value is -2.73. The lowest BCUT2D eigenvalue weighted by molar-refractivity contribution is -0.139. The summed E-state index contributed by atoms with van der Waals surface area (Å²) in [6, 6.07) is 15.4. The van der Waals surface area contributed by atoms with Crippen LogP contribution < -0.4 is 14.2 Å². The summed E-state index contributed by atoms with van der Waals surface area (Å²) in [7, 11) is 3.25. The van der Waals surface area contributed by atoms with Gasteiger partial charge in [-0.25, -0.2) is 0 Å². The van der Waals surface area contributed by atoms with E-state index in [1.807, 2.05) is 53.4 Å². The SMILES string of the molecule is CCN(CC)C(C(=O)N1CCC(Oc2c(OC)cccc2OC)CC1)c1ccccc1. The van der Waals surface area contributed by atoms with Crippen LogP contribution >= 0.6 is 0 Å². The van der Waals surface area contributed by atoms with E-state index in [0.717, 1.165) is 31.5 Å². The zero-order chi connectivity index (χ0) is 22.2. The Bertz CT molecular complexity index is 808. The first-order chi connectivity index (χ1) is 15.1. The first-order valence-corrected chi connectivity index (χ1v) is 11.1. The van der Waals surface area contributed by atoms with Crippen LogP contribution in [0.4, 0.5) is 0 Å². The van der Waals surface area contributed by atoms with Gasteiger partial charge in [0, 0.05) is 25.9 Å². The number of carbonyl (C=O) groups is 1. The van der Waals surface area contributed by atoms with E-state index in [-0.39, 0.29) is 18.1 Å². The lowest BCUT2D eigenvalue weighted by Gasteiger charge is -2.37. The Labute approximate surface area is 185 Å². The largest absolute Gasteiger partial charge is 0.493 e. The van der Waals surface area contributed by atoms with Gasteiger partial charge < -0.3 is 19.1 Å². The number of amides is 1. The molecular weight excluding hydrogens is 392 g/mol. The molecule has 0 radical (unpaired) electrons. The topological polar surface area (TPSA) is 51.2 Å². The van der Waals surface area contributed by atoms with Crippen LogP contribution in [-0.2, 0) is 4.79 Å². The van der Waals surface area contributed by atoms with Crippen LogP contribution in [0.15, 0.2) is 48.5 Å². The van der Waals surface area contributed by atoms with Crippen LogP contribution in [0.25, 0.3) is 0 Å². The van der Waals surface area contributed by atoms with Crippen LogP contribution in [0, 0.1) is 0 Å². The zero-order valence-electron chi connectivity index (χ0n) is 19.0. The molecule has 1 aliphatic heterocycles. The van der Waals surface area contributed by atoms with E-state index in [2.05, 4.69) is 18.7 Å². The molecule has 168 valence electrons. The van der Waals surface area contributed by atoms with Crippen molar-refractivity contribution in [2.45, 2.75) is 38.8 Å². The van der Waals surface area contributed by atoms with Gasteiger partial charge in [-0.2, -0.15) is 0 Å². The van der Waals surface area contributed by atoms with E-state index in [9.17, 15) is 4.79 Å². The van der Waals surface area contributed by atoms with Gasteiger partial charge in [-0.1, -0.05) is 50.2 Å². The Balaban J connectivity index is 1.69. The van der Waals surface area contributed by atoms with Crippen molar-refractivity contribution >= 4 is 5.91 Å². The molecular formula is C25H34N2O4. The van der Waals surface area contributed by atoms with Gasteiger partial charge in [0.15, 0.2) is 11.5 Å². The van der Waals surface area contributed by atoms with Crippen LogP contribution in [0.2, 0.25) is 0 Å². The molecule has 1 heterocycles. The van der Waals surface area contributed by atoms with Crippen LogP contribution in [0.1, 0.15) is 38.3 Å². The fraction of sp³-hybridized carbons (Fsp3) is 0.480. The minimum Gasteiger partial charge on any atom is -0.493 e. The summed E-state index contributed by atoms with van der Waals surface area (Å²) in [4.78, 5) is 17.7. The van der Waals surface area contributed by atoms with E-state index in [0.29, 0.717) is 30.3 Å². The highest BCUT2D eigenvalue weighted by Gasteiger charge is 2.33. The second kappa shape index (κ2) is 11.0. The number of carbonyl (C=O) groups excluding carboxylic acids is 1. The Kier molecular flexibility index (Phi) is 8.18. The van der Waals surface area contributed by atoms with Crippen molar-refractivity contribution in [3.8, 4) is 17.2 Å². The Morgan fingerprint density at radius 1 is 0.968 bits per heavy atom. The van der Waals surface area contributed by atoms with Gasteiger partial charge in [0.25, 0.3) is 0 Å². The monoisotopic (exact) mass is 426 g/mol. The molecule has 2 aromatic rings. The van der Waals surface area contributed by atoms with Gasteiger partial charge in [0.05, 0.1) is 14.2 Å². The molecule has 2 aromatic carbocycles. The number of rotatable bonds is 9. The molecule has 3 rings (SSSR count). The van der Waals surface area contributed by atoms with Crippen molar-refractivity contribution in [3.63, 3.8) is 0 Å². The van der Waals surface area contributed by atoms with Crippen LogP contribution in [0.5, 0.6) is 17.2 Å². The fourth-order valence-electron chi connectivity index (χ4n) is 4.20. The summed E-state index contributed by atoms with van der Waals surface area (Å²) in [5.41, 5.74) is 1.05. The lowest BCUT2D eigenvalue weighted by atomic mass is 10.0. The summed E-state index contributed by atoms with van der Waals surface area (Å²) >= 11 is 0. The molecule has 0 N–H and O–H groups in total. The summed E-state index contributed by atoms with van der Waals surface area (Å²) in [6.45, 7) is 7.21. The molecule has 1 unspecified atom stereocenters. The highest BCUT2D eigenvalue weighted by Crippen LogP contribution is 2.38. The number of piperidine rings is 1. The second-order valence-corrected chi connectivity index (χ2v) is 7.67. The maximum absolute atomic E-state index is 13.5. The Morgan fingerprint density at radius 2 is 1.55 bits per heavy atom. The van der Waals surface area contributed by atoms with Crippen molar-refractivity contribution in [2.24, 2.45) is 0 Å². The smallest absolute Gasteiger partial charge is 0.244 e. The molecule has 1 amide bonds. The standard InChI is InChI=1S/C25H34N2O4/c1-5-26(6-2)23(19-11-8-7-9-12-19)25(28)27-17-15-20(16-18-27)31-24-21(29-3)13-10-14-22(24)30-4/h7-14,20,23H,5-6,15-18H2,1-4H3. The second-order valence-electron chi connectivity index (χ2n) is 7.67. The van der Waals surface area contributed by atoms with Gasteiger partial charge in [0.1, 0.15) is 12.1 Å². The van der Waals surface area contributed by atoms with Crippen molar-refractivity contribution in [1.29, 1.82) is 0 Å². The van der Waals surface area contributed by atoms with Crippen LogP contribution in [-0.4, -0.2) is 62.2 Å². The summed E-state index contributed by atoms with van der Waals surface area (Å²) in [5.74, 6) is 2.11. The number of likely N-dealkylation sites (N-methyl/N-ethyl adjacent to an activating group) is 1. The minimum atomic E-state index is -0.247. The average molecular weight is 427 g/mol. The molecule has 0 aliphatic carbocycles. The number of nitrogens with zero attached hydrogens (tertiary/aromatic N) is 2. The van der Waals surface area contributed by atoms with Crippen molar-refractivity contribution < 1.29 is 19.0 Å². The number of ether oxygens (including phenoxy) is 3. The highest BCUT2D eigenvalue weighted by molar-refractivity contribution is 5.83. The lowest BCUT2D eigenvalue weighted by Crippen LogP contribution is -2.47. The summed E-state index contributed by atoms with van der Waals surface area (Å²) < 4.78 is 17.2. The molecule has 1 saturated heterocycles. The number of benzene rings is 2. The molecule has 1 atom stereocenters. The molecule has 0 aromatic heterocycles. The van der Waals surface area contributed by atoms with Crippen molar-refractivity contribution in [3.05, 3.63) is 54.1 Å². The van der Waals surface area contributed by atoms with E-state index < -0.39 is 0 Å². The number of hydrogen-bond donors (Lipinski definition) is 0.